The van der Waals surface area contributed by atoms with Crippen LogP contribution >= 0.6 is 0 Å². The molecule has 1 atom stereocenters. The summed E-state index contributed by atoms with van der Waals surface area (Å²) in [6.45, 7) is 4.75. The fourth-order valence-electron chi connectivity index (χ4n) is 4.28. The standard InChI is InChI=1S/C20H23F2N7O/c21-19(22)16-11-17(29-20(26-16)24-13-25-29)14-2-1-5-28(12-14)18-10-15(3-4-23-18)27-6-8-30-9-7-27/h3-4,10-11,13-14,19H,1-2,5-9,12H2/t14-/m0/s1. The lowest BCUT2D eigenvalue weighted by molar-refractivity contribution is 0.122. The largest absolute Gasteiger partial charge is 0.378 e. The molecule has 0 spiro atoms. The van der Waals surface area contributed by atoms with Gasteiger partial charge in [0, 0.05) is 50.0 Å². The summed E-state index contributed by atoms with van der Waals surface area (Å²) in [6.07, 6.45) is 2.38. The SMILES string of the molecule is FC(F)c1cc([C@H]2CCCN(c3cc(N4CCOCC4)ccn3)C2)n2ncnc2n1. The van der Waals surface area contributed by atoms with Gasteiger partial charge in [-0.15, -0.1) is 0 Å². The van der Waals surface area contributed by atoms with Crippen molar-refractivity contribution in [3.8, 4) is 0 Å². The van der Waals surface area contributed by atoms with Gasteiger partial charge in [0.05, 0.1) is 18.9 Å². The first-order chi connectivity index (χ1) is 14.7. The molecule has 8 nitrogen and oxygen atoms in total. The summed E-state index contributed by atoms with van der Waals surface area (Å²) in [5.74, 6) is 1.16. The van der Waals surface area contributed by atoms with Gasteiger partial charge in [-0.05, 0) is 25.0 Å². The van der Waals surface area contributed by atoms with Crippen molar-refractivity contribution in [1.29, 1.82) is 0 Å². The number of piperidine rings is 1. The summed E-state index contributed by atoms with van der Waals surface area (Å²) in [5.41, 5.74) is 1.60. The first-order valence-electron chi connectivity index (χ1n) is 10.2. The highest BCUT2D eigenvalue weighted by Gasteiger charge is 2.27. The Kier molecular flexibility index (Phi) is 5.16. The van der Waals surface area contributed by atoms with Gasteiger partial charge < -0.3 is 14.5 Å². The second-order valence-electron chi connectivity index (χ2n) is 7.64. The summed E-state index contributed by atoms with van der Waals surface area (Å²) in [4.78, 5) is 17.1. The van der Waals surface area contributed by atoms with E-state index in [0.717, 1.165) is 62.9 Å². The summed E-state index contributed by atoms with van der Waals surface area (Å²) in [7, 11) is 0. The summed E-state index contributed by atoms with van der Waals surface area (Å²) >= 11 is 0. The second kappa shape index (κ2) is 8.10. The molecule has 158 valence electrons. The minimum Gasteiger partial charge on any atom is -0.378 e. The molecule has 0 aromatic carbocycles. The molecule has 5 rings (SSSR count). The third-order valence-electron chi connectivity index (χ3n) is 5.79. The second-order valence-corrected chi connectivity index (χ2v) is 7.64. The third-order valence-corrected chi connectivity index (χ3v) is 5.79. The number of rotatable bonds is 4. The van der Waals surface area contributed by atoms with Gasteiger partial charge in [0.25, 0.3) is 12.2 Å². The van der Waals surface area contributed by atoms with Crippen molar-refractivity contribution in [3.63, 3.8) is 0 Å². The van der Waals surface area contributed by atoms with Crippen LogP contribution < -0.4 is 9.80 Å². The summed E-state index contributed by atoms with van der Waals surface area (Å²) < 4.78 is 33.7. The molecule has 0 unspecified atom stereocenters. The Labute approximate surface area is 172 Å². The van der Waals surface area contributed by atoms with Gasteiger partial charge in [-0.25, -0.2) is 23.3 Å². The van der Waals surface area contributed by atoms with Crippen LogP contribution in [0.1, 0.15) is 36.6 Å². The molecule has 3 aromatic rings. The molecule has 0 N–H and O–H groups in total. The number of pyridine rings is 1. The molecular weight excluding hydrogens is 392 g/mol. The van der Waals surface area contributed by atoms with Gasteiger partial charge in [-0.3, -0.25) is 0 Å². The number of aromatic nitrogens is 5. The molecule has 10 heteroatoms. The van der Waals surface area contributed by atoms with Gasteiger partial charge in [-0.2, -0.15) is 10.1 Å². The van der Waals surface area contributed by atoms with E-state index in [4.69, 9.17) is 4.74 Å². The smallest absolute Gasteiger partial charge is 0.280 e. The molecule has 0 radical (unpaired) electrons. The van der Waals surface area contributed by atoms with E-state index in [1.807, 2.05) is 12.3 Å². The van der Waals surface area contributed by atoms with Gasteiger partial charge in [0.15, 0.2) is 0 Å². The van der Waals surface area contributed by atoms with Crippen LogP contribution in [-0.4, -0.2) is 64.0 Å². The van der Waals surface area contributed by atoms with Crippen molar-refractivity contribution in [3.05, 3.63) is 42.1 Å². The molecule has 0 amide bonds. The zero-order valence-electron chi connectivity index (χ0n) is 16.5. The Bertz CT molecular complexity index is 1020. The first kappa shape index (κ1) is 19.1. The average molecular weight is 415 g/mol. The number of hydrogen-bond acceptors (Lipinski definition) is 7. The monoisotopic (exact) mass is 415 g/mol. The van der Waals surface area contributed by atoms with Crippen molar-refractivity contribution >= 4 is 17.3 Å². The van der Waals surface area contributed by atoms with Crippen LogP contribution in [-0.2, 0) is 4.74 Å². The lowest BCUT2D eigenvalue weighted by atomic mass is 9.94. The highest BCUT2D eigenvalue weighted by atomic mass is 19.3. The van der Waals surface area contributed by atoms with Crippen LogP contribution in [0.2, 0.25) is 0 Å². The van der Waals surface area contributed by atoms with Crippen LogP contribution in [0.3, 0.4) is 0 Å². The molecule has 3 aromatic heterocycles. The molecule has 2 saturated heterocycles. The van der Waals surface area contributed by atoms with E-state index in [0.29, 0.717) is 6.54 Å². The number of nitrogens with zero attached hydrogens (tertiary/aromatic N) is 7. The van der Waals surface area contributed by atoms with Crippen molar-refractivity contribution in [1.82, 2.24) is 24.6 Å². The molecule has 0 bridgehead atoms. The molecule has 0 aliphatic carbocycles. The van der Waals surface area contributed by atoms with Crippen LogP contribution in [0.15, 0.2) is 30.7 Å². The van der Waals surface area contributed by atoms with E-state index in [2.05, 4.69) is 35.9 Å². The van der Waals surface area contributed by atoms with Gasteiger partial charge >= 0.3 is 0 Å². The molecule has 2 aliphatic heterocycles. The predicted octanol–water partition coefficient (Wildman–Crippen LogP) is 2.68. The van der Waals surface area contributed by atoms with E-state index < -0.39 is 6.43 Å². The van der Waals surface area contributed by atoms with Crippen LogP contribution in [0.25, 0.3) is 5.78 Å². The zero-order chi connectivity index (χ0) is 20.5. The maximum absolute atomic E-state index is 13.4. The maximum Gasteiger partial charge on any atom is 0.280 e. The quantitative estimate of drug-likeness (QED) is 0.649. The van der Waals surface area contributed by atoms with Crippen LogP contribution in [0, 0.1) is 0 Å². The van der Waals surface area contributed by atoms with Crippen molar-refractivity contribution in [2.45, 2.75) is 25.2 Å². The number of anilines is 2. The van der Waals surface area contributed by atoms with Crippen LogP contribution in [0.4, 0.5) is 20.3 Å². The fraction of sp³-hybridized carbons (Fsp3) is 0.500. The Morgan fingerprint density at radius 3 is 2.77 bits per heavy atom. The Morgan fingerprint density at radius 1 is 1.07 bits per heavy atom. The Balaban J connectivity index is 1.42. The molecule has 0 saturated carbocycles. The maximum atomic E-state index is 13.4. The number of ether oxygens (including phenoxy) is 1. The lowest BCUT2D eigenvalue weighted by Gasteiger charge is -2.35. The Hall–Kier alpha value is -2.88. The highest BCUT2D eigenvalue weighted by Crippen LogP contribution is 2.32. The Morgan fingerprint density at radius 2 is 1.93 bits per heavy atom. The fourth-order valence-corrected chi connectivity index (χ4v) is 4.28. The zero-order valence-corrected chi connectivity index (χ0v) is 16.5. The van der Waals surface area contributed by atoms with E-state index in [1.165, 1.54) is 12.4 Å². The lowest BCUT2D eigenvalue weighted by Crippen LogP contribution is -2.37. The predicted molar refractivity (Wildman–Crippen MR) is 107 cm³/mol. The van der Waals surface area contributed by atoms with Gasteiger partial charge in [0.2, 0.25) is 0 Å². The number of alkyl halides is 2. The highest BCUT2D eigenvalue weighted by molar-refractivity contribution is 5.55. The van der Waals surface area contributed by atoms with Crippen molar-refractivity contribution in [2.75, 3.05) is 49.2 Å². The van der Waals surface area contributed by atoms with Crippen LogP contribution in [0.5, 0.6) is 0 Å². The number of fused-ring (bicyclic) bond motifs is 1. The third kappa shape index (κ3) is 3.67. The van der Waals surface area contributed by atoms with E-state index >= 15 is 0 Å². The van der Waals surface area contributed by atoms with Crippen molar-refractivity contribution in [2.24, 2.45) is 0 Å². The number of halogens is 2. The summed E-state index contributed by atoms with van der Waals surface area (Å²) in [5, 5.41) is 4.21. The van der Waals surface area contributed by atoms with Gasteiger partial charge in [-0.1, -0.05) is 0 Å². The van der Waals surface area contributed by atoms with E-state index in [1.54, 1.807) is 4.52 Å². The molecular formula is C20H23F2N7O. The first-order valence-corrected chi connectivity index (χ1v) is 10.2. The topological polar surface area (TPSA) is 71.7 Å². The normalized spacial score (nSPS) is 20.3. The van der Waals surface area contributed by atoms with E-state index in [-0.39, 0.29) is 17.4 Å². The molecule has 5 heterocycles. The van der Waals surface area contributed by atoms with E-state index in [9.17, 15) is 8.78 Å². The minimum atomic E-state index is -2.64. The van der Waals surface area contributed by atoms with Crippen molar-refractivity contribution < 1.29 is 13.5 Å². The number of hydrogen-bond donors (Lipinski definition) is 0. The molecule has 2 aliphatic rings. The molecule has 30 heavy (non-hydrogen) atoms. The average Bonchev–Trinajstić information content (AvgIpc) is 3.28. The number of morpholine rings is 1. The molecule has 2 fully saturated rings. The summed E-state index contributed by atoms with van der Waals surface area (Å²) in [6, 6.07) is 5.60. The minimum absolute atomic E-state index is 0.0392. The van der Waals surface area contributed by atoms with Gasteiger partial charge in [0.1, 0.15) is 17.8 Å².